The van der Waals surface area contributed by atoms with Crippen molar-refractivity contribution in [2.45, 2.75) is 13.0 Å². The van der Waals surface area contributed by atoms with Gasteiger partial charge in [0, 0.05) is 12.2 Å². The number of urea groups is 1. The van der Waals surface area contributed by atoms with Gasteiger partial charge in [-0.1, -0.05) is 60.7 Å². The number of likely N-dealkylation sites (N-methyl/N-ethyl adjacent to an activating group) is 1. The average Bonchev–Trinajstić information content (AvgIpc) is 2.70. The number of benzene rings is 2. The quantitative estimate of drug-likeness (QED) is 0.726. The van der Waals surface area contributed by atoms with Crippen molar-refractivity contribution >= 4 is 12.0 Å². The molecule has 0 radical (unpaired) electrons. The average molecular weight is 379 g/mol. The lowest BCUT2D eigenvalue weighted by Crippen LogP contribution is -2.46. The van der Waals surface area contributed by atoms with Gasteiger partial charge >= 0.3 is 12.0 Å². The number of esters is 1. The Morgan fingerprint density at radius 1 is 1.07 bits per heavy atom. The third kappa shape index (κ3) is 4.58. The summed E-state index contributed by atoms with van der Waals surface area (Å²) < 4.78 is 5.15. The van der Waals surface area contributed by atoms with Crippen molar-refractivity contribution in [1.29, 1.82) is 0 Å². The van der Waals surface area contributed by atoms with E-state index in [0.717, 1.165) is 11.1 Å². The molecule has 0 saturated carbocycles. The predicted molar refractivity (Wildman–Crippen MR) is 108 cm³/mol. The van der Waals surface area contributed by atoms with Crippen molar-refractivity contribution in [2.24, 2.45) is 0 Å². The minimum Gasteiger partial charge on any atom is -0.463 e. The van der Waals surface area contributed by atoms with Crippen molar-refractivity contribution in [3.05, 3.63) is 83.1 Å². The molecule has 1 aliphatic rings. The van der Waals surface area contributed by atoms with Gasteiger partial charge in [0.25, 0.3) is 0 Å². The number of ether oxygens (including phenoxy) is 1. The number of carbonyl (C=O) groups excluding carboxylic acids is 2. The van der Waals surface area contributed by atoms with Crippen LogP contribution in [0.3, 0.4) is 0 Å². The maximum Gasteiger partial charge on any atom is 0.337 e. The van der Waals surface area contributed by atoms with E-state index in [1.165, 1.54) is 0 Å². The first-order chi connectivity index (χ1) is 13.6. The van der Waals surface area contributed by atoms with Gasteiger partial charge in [0.2, 0.25) is 0 Å². The smallest absolute Gasteiger partial charge is 0.337 e. The molecule has 0 bridgehead atoms. The van der Waals surface area contributed by atoms with Gasteiger partial charge in [-0.15, -0.1) is 0 Å². The Labute approximate surface area is 165 Å². The van der Waals surface area contributed by atoms with E-state index in [1.807, 2.05) is 43.4 Å². The lowest BCUT2D eigenvalue weighted by Gasteiger charge is -2.31. The standard InChI is InChI=1S/C22H25N3O3/c1-3-28-21(26)18-14-23-22(27)24-19(18)15-25(2)20(16-10-6-4-7-11-16)17-12-8-5-9-13-17/h4-13,20H,3,14-15H2,1-2H3,(H2,23,24,27). The molecule has 1 aliphatic heterocycles. The fourth-order valence-electron chi connectivity index (χ4n) is 3.39. The molecule has 0 spiro atoms. The summed E-state index contributed by atoms with van der Waals surface area (Å²) in [5.41, 5.74) is 3.29. The van der Waals surface area contributed by atoms with Crippen LogP contribution >= 0.6 is 0 Å². The summed E-state index contributed by atoms with van der Waals surface area (Å²) in [6.45, 7) is 2.61. The van der Waals surface area contributed by atoms with E-state index in [1.54, 1.807) is 6.92 Å². The number of amides is 2. The molecule has 146 valence electrons. The van der Waals surface area contributed by atoms with Crippen molar-refractivity contribution in [1.82, 2.24) is 15.5 Å². The summed E-state index contributed by atoms with van der Waals surface area (Å²) in [6, 6.07) is 20.0. The highest BCUT2D eigenvalue weighted by molar-refractivity contribution is 5.93. The van der Waals surface area contributed by atoms with Crippen LogP contribution < -0.4 is 10.6 Å². The van der Waals surface area contributed by atoms with E-state index >= 15 is 0 Å². The summed E-state index contributed by atoms with van der Waals surface area (Å²) in [5.74, 6) is -0.408. The fourth-order valence-corrected chi connectivity index (χ4v) is 3.39. The molecule has 1 heterocycles. The van der Waals surface area contributed by atoms with Crippen molar-refractivity contribution < 1.29 is 14.3 Å². The van der Waals surface area contributed by atoms with Gasteiger partial charge in [-0.05, 0) is 25.1 Å². The Bertz CT molecular complexity index is 810. The molecule has 3 rings (SSSR count). The first kappa shape index (κ1) is 19.6. The minimum absolute atomic E-state index is 0.0230. The Balaban J connectivity index is 1.93. The molecule has 0 fully saturated rings. The highest BCUT2D eigenvalue weighted by atomic mass is 16.5. The summed E-state index contributed by atoms with van der Waals surface area (Å²) >= 11 is 0. The molecule has 2 aromatic rings. The number of carbonyl (C=O) groups is 2. The molecule has 2 aromatic carbocycles. The van der Waals surface area contributed by atoms with Gasteiger partial charge in [-0.2, -0.15) is 0 Å². The molecule has 6 nitrogen and oxygen atoms in total. The zero-order valence-corrected chi connectivity index (χ0v) is 16.1. The van der Waals surface area contributed by atoms with Crippen molar-refractivity contribution in [2.75, 3.05) is 26.7 Å². The Hall–Kier alpha value is -3.12. The second-order valence-corrected chi connectivity index (χ2v) is 6.62. The third-order valence-electron chi connectivity index (χ3n) is 4.66. The second kappa shape index (κ2) is 9.19. The lowest BCUT2D eigenvalue weighted by atomic mass is 9.97. The highest BCUT2D eigenvalue weighted by Crippen LogP contribution is 2.28. The molecular formula is C22H25N3O3. The van der Waals surface area contributed by atoms with E-state index in [-0.39, 0.29) is 25.2 Å². The van der Waals surface area contributed by atoms with E-state index in [2.05, 4.69) is 39.8 Å². The monoisotopic (exact) mass is 379 g/mol. The lowest BCUT2D eigenvalue weighted by molar-refractivity contribution is -0.138. The first-order valence-corrected chi connectivity index (χ1v) is 9.34. The van der Waals surface area contributed by atoms with Gasteiger partial charge in [-0.25, -0.2) is 9.59 Å². The highest BCUT2D eigenvalue weighted by Gasteiger charge is 2.27. The van der Waals surface area contributed by atoms with Crippen LogP contribution in [0, 0.1) is 0 Å². The molecule has 0 atom stereocenters. The van der Waals surface area contributed by atoms with Crippen molar-refractivity contribution in [3.63, 3.8) is 0 Å². The number of hydrogen-bond acceptors (Lipinski definition) is 4. The molecule has 2 amide bonds. The number of nitrogens with zero attached hydrogens (tertiary/aromatic N) is 1. The molecule has 6 heteroatoms. The van der Waals surface area contributed by atoms with Crippen LogP contribution in [-0.2, 0) is 9.53 Å². The SMILES string of the molecule is CCOC(=O)C1=C(CN(C)C(c2ccccc2)c2ccccc2)NC(=O)NC1. The molecule has 2 N–H and O–H groups in total. The zero-order chi connectivity index (χ0) is 19.9. The summed E-state index contributed by atoms with van der Waals surface area (Å²) in [5, 5.41) is 5.42. The number of nitrogens with one attached hydrogen (secondary N) is 2. The molecule has 28 heavy (non-hydrogen) atoms. The predicted octanol–water partition coefficient (Wildman–Crippen LogP) is 2.84. The maximum absolute atomic E-state index is 12.3. The molecule has 0 aliphatic carbocycles. The normalized spacial score (nSPS) is 14.1. The Morgan fingerprint density at radius 2 is 1.64 bits per heavy atom. The van der Waals surface area contributed by atoms with Crippen LogP contribution in [0.2, 0.25) is 0 Å². The van der Waals surface area contributed by atoms with Crippen molar-refractivity contribution in [3.8, 4) is 0 Å². The summed E-state index contributed by atoms with van der Waals surface area (Å²) in [6.07, 6.45) is 0. The fraction of sp³-hybridized carbons (Fsp3) is 0.273. The molecule has 0 unspecified atom stereocenters. The molecular weight excluding hydrogens is 354 g/mol. The maximum atomic E-state index is 12.3. The zero-order valence-electron chi connectivity index (χ0n) is 16.1. The Morgan fingerprint density at radius 3 is 2.18 bits per heavy atom. The summed E-state index contributed by atoms with van der Waals surface area (Å²) in [7, 11) is 1.98. The van der Waals surface area contributed by atoms with Crippen LogP contribution in [0.1, 0.15) is 24.1 Å². The minimum atomic E-state index is -0.408. The third-order valence-corrected chi connectivity index (χ3v) is 4.66. The van der Waals surface area contributed by atoms with Crippen LogP contribution in [0.4, 0.5) is 4.79 Å². The van der Waals surface area contributed by atoms with Gasteiger partial charge in [0.1, 0.15) is 0 Å². The van der Waals surface area contributed by atoms with E-state index in [0.29, 0.717) is 17.8 Å². The van der Waals surface area contributed by atoms with E-state index in [4.69, 9.17) is 4.74 Å². The first-order valence-electron chi connectivity index (χ1n) is 9.34. The topological polar surface area (TPSA) is 70.7 Å². The van der Waals surface area contributed by atoms with E-state index < -0.39 is 5.97 Å². The van der Waals surface area contributed by atoms with Crippen LogP contribution in [0.25, 0.3) is 0 Å². The van der Waals surface area contributed by atoms with Crippen LogP contribution in [0.5, 0.6) is 0 Å². The second-order valence-electron chi connectivity index (χ2n) is 6.62. The Kier molecular flexibility index (Phi) is 6.45. The van der Waals surface area contributed by atoms with Gasteiger partial charge in [0.05, 0.1) is 24.8 Å². The molecule has 0 aromatic heterocycles. The van der Waals surface area contributed by atoms with Gasteiger partial charge in [0.15, 0.2) is 0 Å². The number of rotatable bonds is 7. The van der Waals surface area contributed by atoms with Crippen LogP contribution in [-0.4, -0.2) is 43.6 Å². The van der Waals surface area contributed by atoms with Gasteiger partial charge in [-0.3, -0.25) is 4.90 Å². The van der Waals surface area contributed by atoms with E-state index in [9.17, 15) is 9.59 Å². The summed E-state index contributed by atoms with van der Waals surface area (Å²) in [4.78, 5) is 26.3. The number of hydrogen-bond donors (Lipinski definition) is 2. The molecule has 0 saturated heterocycles. The largest absolute Gasteiger partial charge is 0.463 e. The van der Waals surface area contributed by atoms with Gasteiger partial charge < -0.3 is 15.4 Å². The van der Waals surface area contributed by atoms with Crippen LogP contribution in [0.15, 0.2) is 71.9 Å².